The van der Waals surface area contributed by atoms with Gasteiger partial charge in [-0.3, -0.25) is 4.90 Å². The molecule has 32 heavy (non-hydrogen) atoms. The predicted molar refractivity (Wildman–Crippen MR) is 119 cm³/mol. The minimum Gasteiger partial charge on any atom is -0.419 e. The molecule has 0 N–H and O–H groups in total. The van der Waals surface area contributed by atoms with Crippen LogP contribution in [0.25, 0.3) is 6.08 Å². The number of hydrogen-bond acceptors (Lipinski definition) is 7. The standard InChI is InChI=1S/C25H25N3O4/c1-25(2)31-23(29)21(24(30)32-25)15-19-8-9-22(20(14-19)16-26)28-12-10-27(11-13-28)17-18-6-4-3-5-7-18/h3-9,14-15H,10-13,17H2,1-2H3. The molecule has 2 aliphatic heterocycles. The second-order valence-electron chi connectivity index (χ2n) is 8.37. The van der Waals surface area contributed by atoms with Crippen molar-refractivity contribution in [2.24, 2.45) is 0 Å². The highest BCUT2D eigenvalue weighted by molar-refractivity contribution is 6.18. The molecule has 0 aliphatic carbocycles. The van der Waals surface area contributed by atoms with Crippen molar-refractivity contribution in [2.45, 2.75) is 26.2 Å². The molecule has 2 aliphatic rings. The van der Waals surface area contributed by atoms with E-state index in [1.54, 1.807) is 12.1 Å². The highest BCUT2D eigenvalue weighted by atomic mass is 16.7. The number of cyclic esters (lactones) is 2. The lowest BCUT2D eigenvalue weighted by Gasteiger charge is -2.36. The van der Waals surface area contributed by atoms with E-state index in [-0.39, 0.29) is 5.57 Å². The second kappa shape index (κ2) is 8.85. The molecule has 2 aromatic carbocycles. The number of benzene rings is 2. The maximum Gasteiger partial charge on any atom is 0.348 e. The van der Waals surface area contributed by atoms with Gasteiger partial charge in [-0.05, 0) is 29.3 Å². The normalized spacial score (nSPS) is 18.5. The van der Waals surface area contributed by atoms with Crippen molar-refractivity contribution in [1.29, 1.82) is 5.26 Å². The summed E-state index contributed by atoms with van der Waals surface area (Å²) >= 11 is 0. The van der Waals surface area contributed by atoms with Gasteiger partial charge in [-0.25, -0.2) is 9.59 Å². The van der Waals surface area contributed by atoms with Crippen molar-refractivity contribution >= 4 is 23.7 Å². The predicted octanol–water partition coefficient (Wildman–Crippen LogP) is 3.10. The third-order valence-corrected chi connectivity index (χ3v) is 5.53. The summed E-state index contributed by atoms with van der Waals surface area (Å²) in [6.45, 7) is 7.35. The average Bonchev–Trinajstić information content (AvgIpc) is 2.77. The van der Waals surface area contributed by atoms with Crippen LogP contribution < -0.4 is 4.90 Å². The molecule has 7 nitrogen and oxygen atoms in total. The second-order valence-corrected chi connectivity index (χ2v) is 8.37. The minimum absolute atomic E-state index is 0.185. The van der Waals surface area contributed by atoms with Crippen LogP contribution in [0.5, 0.6) is 0 Å². The Kier molecular flexibility index (Phi) is 5.97. The fourth-order valence-corrected chi connectivity index (χ4v) is 3.94. The van der Waals surface area contributed by atoms with Gasteiger partial charge in [0.25, 0.3) is 5.79 Å². The minimum atomic E-state index is -1.28. The van der Waals surface area contributed by atoms with E-state index < -0.39 is 17.7 Å². The van der Waals surface area contributed by atoms with E-state index in [0.29, 0.717) is 11.1 Å². The Morgan fingerprint density at radius 1 is 1.00 bits per heavy atom. The van der Waals surface area contributed by atoms with Crippen molar-refractivity contribution in [3.8, 4) is 6.07 Å². The number of nitrogens with zero attached hydrogens (tertiary/aromatic N) is 3. The van der Waals surface area contributed by atoms with Gasteiger partial charge in [0, 0.05) is 46.6 Å². The van der Waals surface area contributed by atoms with Gasteiger partial charge < -0.3 is 14.4 Å². The van der Waals surface area contributed by atoms with E-state index in [0.717, 1.165) is 38.4 Å². The van der Waals surface area contributed by atoms with Crippen LogP contribution in [0.3, 0.4) is 0 Å². The molecule has 0 bridgehead atoms. The van der Waals surface area contributed by atoms with Gasteiger partial charge >= 0.3 is 11.9 Å². The molecule has 0 unspecified atom stereocenters. The molecule has 2 heterocycles. The Morgan fingerprint density at radius 2 is 1.66 bits per heavy atom. The first-order valence-corrected chi connectivity index (χ1v) is 10.6. The topological polar surface area (TPSA) is 82.9 Å². The molecule has 2 saturated heterocycles. The van der Waals surface area contributed by atoms with E-state index in [1.807, 2.05) is 12.1 Å². The van der Waals surface area contributed by atoms with E-state index in [1.165, 1.54) is 25.5 Å². The quantitative estimate of drug-likeness (QED) is 0.418. The van der Waals surface area contributed by atoms with Crippen LogP contribution >= 0.6 is 0 Å². The number of rotatable bonds is 4. The summed E-state index contributed by atoms with van der Waals surface area (Å²) in [6.07, 6.45) is 1.41. The van der Waals surface area contributed by atoms with Gasteiger partial charge in [0.15, 0.2) is 0 Å². The number of carbonyl (C=O) groups is 2. The SMILES string of the molecule is CC1(C)OC(=O)C(=Cc2ccc(N3CCN(Cc4ccccc4)CC3)c(C#N)c2)C(=O)O1. The third kappa shape index (κ3) is 4.82. The zero-order chi connectivity index (χ0) is 22.7. The van der Waals surface area contributed by atoms with Crippen LogP contribution in [0.1, 0.15) is 30.5 Å². The Morgan fingerprint density at radius 3 is 2.28 bits per heavy atom. The van der Waals surface area contributed by atoms with E-state index >= 15 is 0 Å². The molecule has 7 heteroatoms. The zero-order valence-electron chi connectivity index (χ0n) is 18.2. The molecule has 2 aromatic rings. The van der Waals surface area contributed by atoms with Gasteiger partial charge in [0.05, 0.1) is 11.3 Å². The first-order valence-electron chi connectivity index (χ1n) is 10.6. The van der Waals surface area contributed by atoms with Gasteiger partial charge in [-0.2, -0.15) is 5.26 Å². The highest BCUT2D eigenvalue weighted by Crippen LogP contribution is 2.27. The van der Waals surface area contributed by atoms with Crippen molar-refractivity contribution in [3.63, 3.8) is 0 Å². The molecule has 2 fully saturated rings. The summed E-state index contributed by atoms with van der Waals surface area (Å²) in [5, 5.41) is 9.71. The molecule has 164 valence electrons. The highest BCUT2D eigenvalue weighted by Gasteiger charge is 2.38. The van der Waals surface area contributed by atoms with E-state index in [4.69, 9.17) is 9.47 Å². The first kappa shape index (κ1) is 21.6. The molecule has 0 atom stereocenters. The van der Waals surface area contributed by atoms with Gasteiger partial charge in [-0.15, -0.1) is 0 Å². The molecule has 0 radical (unpaired) electrons. The van der Waals surface area contributed by atoms with E-state index in [9.17, 15) is 14.9 Å². The lowest BCUT2D eigenvalue weighted by molar-refractivity contribution is -0.222. The van der Waals surface area contributed by atoms with Gasteiger partial charge in [0.2, 0.25) is 0 Å². The molecule has 0 spiro atoms. The number of nitriles is 1. The summed E-state index contributed by atoms with van der Waals surface area (Å²) in [5.41, 5.74) is 3.02. The summed E-state index contributed by atoms with van der Waals surface area (Å²) in [7, 11) is 0. The summed E-state index contributed by atoms with van der Waals surface area (Å²) in [5.74, 6) is -2.75. The Balaban J connectivity index is 1.46. The maximum absolute atomic E-state index is 12.2. The average molecular weight is 431 g/mol. The smallest absolute Gasteiger partial charge is 0.348 e. The summed E-state index contributed by atoms with van der Waals surface area (Å²) in [6, 6.07) is 18.0. The van der Waals surface area contributed by atoms with Crippen molar-refractivity contribution in [2.75, 3.05) is 31.1 Å². The van der Waals surface area contributed by atoms with Crippen molar-refractivity contribution in [3.05, 3.63) is 70.8 Å². The Labute approximate surface area is 187 Å². The van der Waals surface area contributed by atoms with Crippen LogP contribution in [0, 0.1) is 11.3 Å². The maximum atomic E-state index is 12.2. The molecule has 0 aromatic heterocycles. The monoisotopic (exact) mass is 431 g/mol. The largest absolute Gasteiger partial charge is 0.419 e. The van der Waals surface area contributed by atoms with E-state index in [2.05, 4.69) is 40.1 Å². The Hall–Kier alpha value is -3.63. The fourth-order valence-electron chi connectivity index (χ4n) is 3.94. The van der Waals surface area contributed by atoms with Crippen LogP contribution in [-0.4, -0.2) is 48.8 Å². The third-order valence-electron chi connectivity index (χ3n) is 5.53. The number of esters is 2. The van der Waals surface area contributed by atoms with Crippen LogP contribution in [-0.2, 0) is 25.6 Å². The summed E-state index contributed by atoms with van der Waals surface area (Å²) < 4.78 is 10.3. The molecular weight excluding hydrogens is 406 g/mol. The van der Waals surface area contributed by atoms with Gasteiger partial charge in [0.1, 0.15) is 11.6 Å². The van der Waals surface area contributed by atoms with Crippen LogP contribution in [0.2, 0.25) is 0 Å². The van der Waals surface area contributed by atoms with Crippen LogP contribution in [0.4, 0.5) is 5.69 Å². The molecule has 4 rings (SSSR count). The molecular formula is C25H25N3O4. The number of anilines is 1. The molecule has 0 saturated carbocycles. The number of piperazine rings is 1. The fraction of sp³-hybridized carbons (Fsp3) is 0.320. The number of ether oxygens (including phenoxy) is 2. The number of carbonyl (C=O) groups excluding carboxylic acids is 2. The zero-order valence-corrected chi connectivity index (χ0v) is 18.2. The lowest BCUT2D eigenvalue weighted by atomic mass is 10.0. The first-order chi connectivity index (χ1) is 15.3. The summed E-state index contributed by atoms with van der Waals surface area (Å²) in [4.78, 5) is 29.0. The van der Waals surface area contributed by atoms with Crippen molar-refractivity contribution in [1.82, 2.24) is 4.90 Å². The van der Waals surface area contributed by atoms with Crippen molar-refractivity contribution < 1.29 is 19.1 Å². The Bertz CT molecular complexity index is 1070. The number of hydrogen-bond donors (Lipinski definition) is 0. The van der Waals surface area contributed by atoms with Crippen LogP contribution in [0.15, 0.2) is 54.1 Å². The molecule has 0 amide bonds. The van der Waals surface area contributed by atoms with Gasteiger partial charge in [-0.1, -0.05) is 36.4 Å². The lowest BCUT2D eigenvalue weighted by Crippen LogP contribution is -2.46.